The van der Waals surface area contributed by atoms with Crippen LogP contribution in [0.1, 0.15) is 26.2 Å². The molecule has 7 heteroatoms. The second kappa shape index (κ2) is 6.88. The second-order valence-corrected chi connectivity index (χ2v) is 6.26. The van der Waals surface area contributed by atoms with Crippen molar-refractivity contribution in [2.45, 2.75) is 37.1 Å². The summed E-state index contributed by atoms with van der Waals surface area (Å²) in [4.78, 5) is 11.0. The molecule has 0 aliphatic heterocycles. The van der Waals surface area contributed by atoms with Crippen LogP contribution in [0.15, 0.2) is 29.2 Å². The van der Waals surface area contributed by atoms with Crippen molar-refractivity contribution in [3.8, 4) is 0 Å². The van der Waals surface area contributed by atoms with Gasteiger partial charge in [-0.3, -0.25) is 4.79 Å². The lowest BCUT2D eigenvalue weighted by atomic mass is 10.1. The van der Waals surface area contributed by atoms with Crippen LogP contribution in [0, 0.1) is 0 Å². The van der Waals surface area contributed by atoms with E-state index >= 15 is 0 Å². The second-order valence-electron chi connectivity index (χ2n) is 4.11. The Hall–Kier alpha value is -1.11. The summed E-state index contributed by atoms with van der Waals surface area (Å²) in [5.41, 5.74) is 0. The van der Waals surface area contributed by atoms with Crippen LogP contribution < -0.4 is 4.72 Å². The molecular formula is C12H16ClNO4S. The largest absolute Gasteiger partial charge is 0.480 e. The van der Waals surface area contributed by atoms with Gasteiger partial charge in [0.05, 0.1) is 4.90 Å². The molecule has 2 N–H and O–H groups in total. The minimum atomic E-state index is -3.87. The van der Waals surface area contributed by atoms with Gasteiger partial charge >= 0.3 is 5.97 Å². The monoisotopic (exact) mass is 305 g/mol. The van der Waals surface area contributed by atoms with Crippen LogP contribution in [0.4, 0.5) is 0 Å². The fourth-order valence-corrected chi connectivity index (χ4v) is 3.05. The van der Waals surface area contributed by atoms with Crippen molar-refractivity contribution in [2.24, 2.45) is 0 Å². The number of sulfonamides is 1. The van der Waals surface area contributed by atoms with E-state index in [1.165, 1.54) is 18.2 Å². The Balaban J connectivity index is 2.91. The third-order valence-corrected chi connectivity index (χ3v) is 4.25. The highest BCUT2D eigenvalue weighted by Crippen LogP contribution is 2.16. The number of benzene rings is 1. The van der Waals surface area contributed by atoms with E-state index < -0.39 is 22.0 Å². The summed E-state index contributed by atoms with van der Waals surface area (Å²) in [7, 11) is -3.87. The molecule has 0 heterocycles. The van der Waals surface area contributed by atoms with Crippen molar-refractivity contribution < 1.29 is 18.3 Å². The molecule has 0 bridgehead atoms. The molecule has 0 aliphatic carbocycles. The normalized spacial score (nSPS) is 13.2. The maximum atomic E-state index is 12.0. The van der Waals surface area contributed by atoms with Crippen molar-refractivity contribution >= 4 is 27.6 Å². The van der Waals surface area contributed by atoms with Gasteiger partial charge in [0.2, 0.25) is 10.0 Å². The highest BCUT2D eigenvalue weighted by molar-refractivity contribution is 7.89. The van der Waals surface area contributed by atoms with Crippen molar-refractivity contribution in [2.75, 3.05) is 0 Å². The van der Waals surface area contributed by atoms with Crippen molar-refractivity contribution in [1.82, 2.24) is 4.72 Å². The van der Waals surface area contributed by atoms with Crippen LogP contribution in [0.25, 0.3) is 0 Å². The fraction of sp³-hybridized carbons (Fsp3) is 0.417. The van der Waals surface area contributed by atoms with Gasteiger partial charge in [-0.05, 0) is 24.6 Å². The van der Waals surface area contributed by atoms with Crippen LogP contribution >= 0.6 is 11.6 Å². The van der Waals surface area contributed by atoms with E-state index in [2.05, 4.69) is 4.72 Å². The van der Waals surface area contributed by atoms with E-state index in [1.54, 1.807) is 6.07 Å². The Kier molecular flexibility index (Phi) is 5.78. The molecule has 0 aliphatic rings. The number of nitrogens with one attached hydrogen (secondary N) is 1. The molecule has 0 fully saturated rings. The summed E-state index contributed by atoms with van der Waals surface area (Å²) in [5.74, 6) is -1.18. The Morgan fingerprint density at radius 1 is 1.47 bits per heavy atom. The lowest BCUT2D eigenvalue weighted by Crippen LogP contribution is -2.40. The molecule has 19 heavy (non-hydrogen) atoms. The first-order valence-corrected chi connectivity index (χ1v) is 7.73. The van der Waals surface area contributed by atoms with Crippen LogP contribution in [0.2, 0.25) is 5.02 Å². The molecule has 1 rings (SSSR count). The third kappa shape index (κ3) is 4.81. The van der Waals surface area contributed by atoms with E-state index in [0.29, 0.717) is 6.42 Å². The molecule has 1 aromatic rings. The van der Waals surface area contributed by atoms with E-state index in [0.717, 1.165) is 6.42 Å². The lowest BCUT2D eigenvalue weighted by molar-refractivity contribution is -0.139. The van der Waals surface area contributed by atoms with Gasteiger partial charge in [0.1, 0.15) is 6.04 Å². The Labute approximate surface area is 117 Å². The third-order valence-electron chi connectivity index (χ3n) is 2.55. The molecule has 5 nitrogen and oxygen atoms in total. The molecule has 0 saturated carbocycles. The van der Waals surface area contributed by atoms with Crippen LogP contribution in [-0.2, 0) is 14.8 Å². The fourth-order valence-electron chi connectivity index (χ4n) is 1.53. The van der Waals surface area contributed by atoms with Crippen LogP contribution in [-0.4, -0.2) is 25.5 Å². The summed E-state index contributed by atoms with van der Waals surface area (Å²) < 4.78 is 26.2. The van der Waals surface area contributed by atoms with Gasteiger partial charge in [0.15, 0.2) is 0 Å². The van der Waals surface area contributed by atoms with Gasteiger partial charge in [0, 0.05) is 5.02 Å². The first-order valence-electron chi connectivity index (χ1n) is 5.87. The summed E-state index contributed by atoms with van der Waals surface area (Å²) in [6.07, 6.45) is 1.68. The van der Waals surface area contributed by atoms with Gasteiger partial charge in [-0.2, -0.15) is 4.72 Å². The maximum absolute atomic E-state index is 12.0. The number of aliphatic carboxylic acids is 1. The van der Waals surface area contributed by atoms with Gasteiger partial charge in [0.25, 0.3) is 0 Å². The quantitative estimate of drug-likeness (QED) is 0.809. The lowest BCUT2D eigenvalue weighted by Gasteiger charge is -2.14. The summed E-state index contributed by atoms with van der Waals surface area (Å²) in [5, 5.41) is 9.29. The zero-order valence-electron chi connectivity index (χ0n) is 10.5. The zero-order chi connectivity index (χ0) is 14.5. The molecule has 0 spiro atoms. The highest BCUT2D eigenvalue weighted by atomic mass is 35.5. The number of carboxylic acids is 1. The topological polar surface area (TPSA) is 83.5 Å². The van der Waals surface area contributed by atoms with Gasteiger partial charge in [-0.25, -0.2) is 8.42 Å². The minimum Gasteiger partial charge on any atom is -0.480 e. The number of halogens is 1. The highest BCUT2D eigenvalue weighted by Gasteiger charge is 2.24. The number of hydrogen-bond donors (Lipinski definition) is 2. The SMILES string of the molecule is CCCC[C@H](NS(=O)(=O)c1cccc(Cl)c1)C(=O)O. The molecule has 0 unspecified atom stereocenters. The van der Waals surface area contributed by atoms with Crippen LogP contribution in [0.5, 0.6) is 0 Å². The Bertz CT molecular complexity index is 544. The Morgan fingerprint density at radius 3 is 2.68 bits per heavy atom. The number of carbonyl (C=O) groups is 1. The smallest absolute Gasteiger partial charge is 0.321 e. The summed E-state index contributed by atoms with van der Waals surface area (Å²) in [6, 6.07) is 4.57. The zero-order valence-corrected chi connectivity index (χ0v) is 12.0. The molecule has 0 amide bonds. The predicted molar refractivity (Wildman–Crippen MR) is 72.7 cm³/mol. The Morgan fingerprint density at radius 2 is 2.16 bits per heavy atom. The standard InChI is InChI=1S/C12H16ClNO4S/c1-2-3-7-11(12(15)16)14-19(17,18)10-6-4-5-9(13)8-10/h4-6,8,11,14H,2-3,7H2,1H3,(H,15,16)/t11-/m0/s1. The summed E-state index contributed by atoms with van der Waals surface area (Å²) in [6.45, 7) is 1.91. The van der Waals surface area contributed by atoms with Gasteiger partial charge < -0.3 is 5.11 Å². The van der Waals surface area contributed by atoms with E-state index in [4.69, 9.17) is 16.7 Å². The first-order chi connectivity index (χ1) is 8.86. The summed E-state index contributed by atoms with van der Waals surface area (Å²) >= 11 is 5.73. The molecule has 0 radical (unpaired) electrons. The number of unbranched alkanes of at least 4 members (excludes halogenated alkanes) is 1. The molecule has 1 aromatic carbocycles. The number of rotatable bonds is 7. The molecule has 1 atom stereocenters. The van der Waals surface area contributed by atoms with Crippen molar-refractivity contribution in [1.29, 1.82) is 0 Å². The molecule has 0 saturated heterocycles. The van der Waals surface area contributed by atoms with Gasteiger partial charge in [-0.1, -0.05) is 37.4 Å². The number of carboxylic acid groups (broad SMARTS) is 1. The van der Waals surface area contributed by atoms with E-state index in [-0.39, 0.29) is 16.3 Å². The minimum absolute atomic E-state index is 0.0391. The van der Waals surface area contributed by atoms with Crippen molar-refractivity contribution in [3.63, 3.8) is 0 Å². The predicted octanol–water partition coefficient (Wildman–Crippen LogP) is 2.26. The van der Waals surface area contributed by atoms with Crippen molar-refractivity contribution in [3.05, 3.63) is 29.3 Å². The maximum Gasteiger partial charge on any atom is 0.321 e. The molecular weight excluding hydrogens is 290 g/mol. The molecule has 0 aromatic heterocycles. The first kappa shape index (κ1) is 15.9. The van der Waals surface area contributed by atoms with Crippen LogP contribution in [0.3, 0.4) is 0 Å². The average Bonchev–Trinajstić information content (AvgIpc) is 2.34. The van der Waals surface area contributed by atoms with Gasteiger partial charge in [-0.15, -0.1) is 0 Å². The van der Waals surface area contributed by atoms with E-state index in [9.17, 15) is 13.2 Å². The molecule has 106 valence electrons. The van der Waals surface area contributed by atoms with E-state index in [1.807, 2.05) is 6.92 Å². The average molecular weight is 306 g/mol. The number of hydrogen-bond acceptors (Lipinski definition) is 3.